The summed E-state index contributed by atoms with van der Waals surface area (Å²) in [6.07, 6.45) is 5.32. The Labute approximate surface area is 123 Å². The van der Waals surface area contributed by atoms with Crippen molar-refractivity contribution >= 4 is 5.69 Å². The number of nitrogens with zero attached hydrogens (tertiary/aromatic N) is 1. The number of rotatable bonds is 4. The molecule has 3 atom stereocenters. The Morgan fingerprint density at radius 1 is 1.35 bits per heavy atom. The molecule has 0 amide bonds. The second-order valence-corrected chi connectivity index (χ2v) is 6.75. The van der Waals surface area contributed by atoms with Crippen molar-refractivity contribution in [2.75, 3.05) is 24.5 Å². The van der Waals surface area contributed by atoms with Crippen molar-refractivity contribution in [2.45, 2.75) is 45.6 Å². The van der Waals surface area contributed by atoms with E-state index in [9.17, 15) is 0 Å². The van der Waals surface area contributed by atoms with Crippen LogP contribution in [0.2, 0.25) is 0 Å². The molecular weight excluding hydrogens is 244 g/mol. The highest BCUT2D eigenvalue weighted by Crippen LogP contribution is 2.33. The van der Waals surface area contributed by atoms with Gasteiger partial charge in [-0.05, 0) is 69.2 Å². The lowest BCUT2D eigenvalue weighted by molar-refractivity contribution is 0.268. The van der Waals surface area contributed by atoms with Crippen molar-refractivity contribution in [3.63, 3.8) is 0 Å². The maximum atomic E-state index is 3.55. The SMILES string of the molecule is CC(CCN1c2ccccc2CC1C)C1CCCNC1. The minimum atomic E-state index is 0.670. The summed E-state index contributed by atoms with van der Waals surface area (Å²) < 4.78 is 0. The second kappa shape index (κ2) is 6.17. The van der Waals surface area contributed by atoms with Crippen LogP contribution in [0.25, 0.3) is 0 Å². The van der Waals surface area contributed by atoms with Gasteiger partial charge in [-0.15, -0.1) is 0 Å². The van der Waals surface area contributed by atoms with E-state index in [1.807, 2.05) is 0 Å². The normalized spacial score (nSPS) is 27.4. The molecule has 110 valence electrons. The van der Waals surface area contributed by atoms with Crippen LogP contribution in [0.1, 0.15) is 38.7 Å². The Hall–Kier alpha value is -1.02. The molecule has 2 aliphatic rings. The molecule has 1 fully saturated rings. The lowest BCUT2D eigenvalue weighted by Crippen LogP contribution is -2.36. The van der Waals surface area contributed by atoms with E-state index in [4.69, 9.17) is 0 Å². The fourth-order valence-electron chi connectivity index (χ4n) is 3.91. The molecule has 2 aliphatic heterocycles. The van der Waals surface area contributed by atoms with Gasteiger partial charge >= 0.3 is 0 Å². The first-order chi connectivity index (χ1) is 9.75. The number of anilines is 1. The van der Waals surface area contributed by atoms with E-state index >= 15 is 0 Å². The van der Waals surface area contributed by atoms with Crippen LogP contribution < -0.4 is 10.2 Å². The Morgan fingerprint density at radius 3 is 3.00 bits per heavy atom. The highest BCUT2D eigenvalue weighted by Gasteiger charge is 2.26. The van der Waals surface area contributed by atoms with Gasteiger partial charge in [0.2, 0.25) is 0 Å². The standard InChI is InChI=1S/C18H28N2/c1-14(17-7-5-10-19-13-17)9-11-20-15(2)12-16-6-3-4-8-18(16)20/h3-4,6,8,14-15,17,19H,5,7,9-13H2,1-2H3. The smallest absolute Gasteiger partial charge is 0.0402 e. The minimum absolute atomic E-state index is 0.670. The third-order valence-corrected chi connectivity index (χ3v) is 5.31. The summed E-state index contributed by atoms with van der Waals surface area (Å²) in [7, 11) is 0. The average Bonchev–Trinajstić information content (AvgIpc) is 2.81. The summed E-state index contributed by atoms with van der Waals surface area (Å²) in [5.74, 6) is 1.72. The topological polar surface area (TPSA) is 15.3 Å². The van der Waals surface area contributed by atoms with Gasteiger partial charge in [-0.2, -0.15) is 0 Å². The number of benzene rings is 1. The summed E-state index contributed by atoms with van der Waals surface area (Å²) in [6.45, 7) is 8.49. The van der Waals surface area contributed by atoms with E-state index in [2.05, 4.69) is 48.3 Å². The molecular formula is C18H28N2. The van der Waals surface area contributed by atoms with Gasteiger partial charge in [-0.3, -0.25) is 0 Å². The molecule has 0 saturated carbocycles. The number of piperidine rings is 1. The summed E-state index contributed by atoms with van der Waals surface area (Å²) in [5, 5.41) is 3.55. The molecule has 3 unspecified atom stereocenters. The lowest BCUT2D eigenvalue weighted by atomic mass is 9.85. The van der Waals surface area contributed by atoms with Gasteiger partial charge < -0.3 is 10.2 Å². The predicted molar refractivity (Wildman–Crippen MR) is 86.3 cm³/mol. The molecule has 3 rings (SSSR count). The number of fused-ring (bicyclic) bond motifs is 1. The first-order valence-corrected chi connectivity index (χ1v) is 8.31. The Kier molecular flexibility index (Phi) is 4.30. The molecule has 0 radical (unpaired) electrons. The molecule has 0 spiro atoms. The van der Waals surface area contributed by atoms with E-state index < -0.39 is 0 Å². The molecule has 20 heavy (non-hydrogen) atoms. The van der Waals surface area contributed by atoms with Crippen molar-refractivity contribution in [2.24, 2.45) is 11.8 Å². The predicted octanol–water partition coefficient (Wildman–Crippen LogP) is 3.46. The van der Waals surface area contributed by atoms with E-state index in [1.54, 1.807) is 0 Å². The Morgan fingerprint density at radius 2 is 2.20 bits per heavy atom. The first-order valence-electron chi connectivity index (χ1n) is 8.31. The van der Waals surface area contributed by atoms with Gasteiger partial charge in [-0.25, -0.2) is 0 Å². The van der Waals surface area contributed by atoms with Crippen LogP contribution >= 0.6 is 0 Å². The molecule has 0 bridgehead atoms. The van der Waals surface area contributed by atoms with E-state index in [-0.39, 0.29) is 0 Å². The van der Waals surface area contributed by atoms with Crippen molar-refractivity contribution in [1.29, 1.82) is 0 Å². The van der Waals surface area contributed by atoms with Crippen molar-refractivity contribution < 1.29 is 0 Å². The Bertz CT molecular complexity index is 437. The van der Waals surface area contributed by atoms with Crippen LogP contribution in [-0.2, 0) is 6.42 Å². The van der Waals surface area contributed by atoms with Gasteiger partial charge in [0.1, 0.15) is 0 Å². The monoisotopic (exact) mass is 272 g/mol. The van der Waals surface area contributed by atoms with Crippen LogP contribution in [-0.4, -0.2) is 25.7 Å². The van der Waals surface area contributed by atoms with Crippen molar-refractivity contribution in [3.8, 4) is 0 Å². The van der Waals surface area contributed by atoms with Crippen LogP contribution in [0.4, 0.5) is 5.69 Å². The number of nitrogens with one attached hydrogen (secondary N) is 1. The zero-order valence-electron chi connectivity index (χ0n) is 12.9. The molecule has 1 N–H and O–H groups in total. The second-order valence-electron chi connectivity index (χ2n) is 6.75. The highest BCUT2D eigenvalue weighted by atomic mass is 15.2. The van der Waals surface area contributed by atoms with Crippen molar-refractivity contribution in [1.82, 2.24) is 5.32 Å². The number of hydrogen-bond acceptors (Lipinski definition) is 2. The van der Waals surface area contributed by atoms with Crippen LogP contribution in [0.15, 0.2) is 24.3 Å². The third kappa shape index (κ3) is 2.85. The molecule has 2 heteroatoms. The molecule has 0 aliphatic carbocycles. The van der Waals surface area contributed by atoms with Gasteiger partial charge in [0, 0.05) is 18.3 Å². The van der Waals surface area contributed by atoms with E-state index in [0.717, 1.165) is 11.8 Å². The fourth-order valence-corrected chi connectivity index (χ4v) is 3.91. The molecule has 1 aromatic carbocycles. The van der Waals surface area contributed by atoms with E-state index in [0.29, 0.717) is 6.04 Å². The average molecular weight is 272 g/mol. The van der Waals surface area contributed by atoms with Gasteiger partial charge in [0.05, 0.1) is 0 Å². The lowest BCUT2D eigenvalue weighted by Gasteiger charge is -2.31. The van der Waals surface area contributed by atoms with E-state index in [1.165, 1.54) is 56.6 Å². The quantitative estimate of drug-likeness (QED) is 0.903. The van der Waals surface area contributed by atoms with Gasteiger partial charge in [-0.1, -0.05) is 25.1 Å². The van der Waals surface area contributed by atoms with Crippen LogP contribution in [0, 0.1) is 11.8 Å². The van der Waals surface area contributed by atoms with Crippen LogP contribution in [0.5, 0.6) is 0 Å². The zero-order chi connectivity index (χ0) is 13.9. The minimum Gasteiger partial charge on any atom is -0.368 e. The molecule has 1 saturated heterocycles. The zero-order valence-corrected chi connectivity index (χ0v) is 12.9. The number of para-hydroxylation sites is 1. The van der Waals surface area contributed by atoms with Gasteiger partial charge in [0.15, 0.2) is 0 Å². The van der Waals surface area contributed by atoms with Crippen LogP contribution in [0.3, 0.4) is 0 Å². The number of hydrogen-bond donors (Lipinski definition) is 1. The third-order valence-electron chi connectivity index (χ3n) is 5.31. The summed E-state index contributed by atoms with van der Waals surface area (Å²) in [5.41, 5.74) is 3.01. The summed E-state index contributed by atoms with van der Waals surface area (Å²) in [4.78, 5) is 2.63. The summed E-state index contributed by atoms with van der Waals surface area (Å²) in [6, 6.07) is 9.61. The van der Waals surface area contributed by atoms with Gasteiger partial charge in [0.25, 0.3) is 0 Å². The Balaban J connectivity index is 1.58. The largest absolute Gasteiger partial charge is 0.368 e. The maximum absolute atomic E-state index is 3.55. The summed E-state index contributed by atoms with van der Waals surface area (Å²) >= 11 is 0. The first kappa shape index (κ1) is 13.9. The molecule has 2 nitrogen and oxygen atoms in total. The molecule has 2 heterocycles. The highest BCUT2D eigenvalue weighted by molar-refractivity contribution is 5.59. The molecule has 0 aromatic heterocycles. The fraction of sp³-hybridized carbons (Fsp3) is 0.667. The molecule has 1 aromatic rings. The maximum Gasteiger partial charge on any atom is 0.0402 e. The van der Waals surface area contributed by atoms with Crippen molar-refractivity contribution in [3.05, 3.63) is 29.8 Å².